The van der Waals surface area contributed by atoms with Gasteiger partial charge in [-0.1, -0.05) is 31.2 Å². The fourth-order valence-electron chi connectivity index (χ4n) is 2.86. The first-order chi connectivity index (χ1) is 12.1. The Morgan fingerprint density at radius 2 is 1.77 bits per heavy atom. The number of carbonyl (C=O) groups is 1. The van der Waals surface area contributed by atoms with E-state index in [1.54, 1.807) is 19.1 Å². The zero-order valence-corrected chi connectivity index (χ0v) is 16.7. The number of sulfonamides is 1. The van der Waals surface area contributed by atoms with E-state index in [4.69, 9.17) is 0 Å². The molecule has 1 atom stereocenters. The highest BCUT2D eigenvalue weighted by Gasteiger charge is 2.29. The maximum atomic E-state index is 12.8. The molecule has 0 unspecified atom stereocenters. The minimum Gasteiger partial charge on any atom is -0.324 e. The van der Waals surface area contributed by atoms with Gasteiger partial charge in [-0.05, 0) is 62.1 Å². The number of anilines is 2. The van der Waals surface area contributed by atoms with E-state index in [1.807, 2.05) is 51.1 Å². The Labute approximate surface area is 156 Å². The third-order valence-corrected chi connectivity index (χ3v) is 5.73. The van der Waals surface area contributed by atoms with Crippen LogP contribution in [0.3, 0.4) is 0 Å². The molecule has 1 amide bonds. The first-order valence-corrected chi connectivity index (χ1v) is 10.5. The molecule has 6 heteroatoms. The van der Waals surface area contributed by atoms with Crippen molar-refractivity contribution in [3.63, 3.8) is 0 Å². The van der Waals surface area contributed by atoms with Crippen LogP contribution in [-0.2, 0) is 21.2 Å². The molecule has 0 aromatic heterocycles. The van der Waals surface area contributed by atoms with Crippen LogP contribution in [-0.4, -0.2) is 26.6 Å². The van der Waals surface area contributed by atoms with Crippen molar-refractivity contribution >= 4 is 27.3 Å². The van der Waals surface area contributed by atoms with Crippen LogP contribution in [0.2, 0.25) is 0 Å². The van der Waals surface area contributed by atoms with E-state index in [0.717, 1.165) is 29.4 Å². The molecule has 0 fully saturated rings. The Kier molecular flexibility index (Phi) is 6.08. The van der Waals surface area contributed by atoms with Gasteiger partial charge in [0.1, 0.15) is 6.04 Å². The zero-order chi connectivity index (χ0) is 19.5. The van der Waals surface area contributed by atoms with E-state index in [9.17, 15) is 13.2 Å². The van der Waals surface area contributed by atoms with Crippen molar-refractivity contribution in [3.05, 3.63) is 59.2 Å². The predicted molar refractivity (Wildman–Crippen MR) is 107 cm³/mol. The number of nitrogens with zero attached hydrogens (tertiary/aromatic N) is 1. The summed E-state index contributed by atoms with van der Waals surface area (Å²) in [7, 11) is -3.63. The number of para-hydroxylation sites is 1. The van der Waals surface area contributed by atoms with Crippen molar-refractivity contribution in [1.29, 1.82) is 0 Å². The second-order valence-electron chi connectivity index (χ2n) is 6.50. The number of amides is 1. The van der Waals surface area contributed by atoms with E-state index in [1.165, 1.54) is 4.31 Å². The van der Waals surface area contributed by atoms with Crippen LogP contribution in [0.1, 0.15) is 30.5 Å². The molecule has 0 saturated carbocycles. The van der Waals surface area contributed by atoms with Crippen LogP contribution in [0.15, 0.2) is 42.5 Å². The number of aryl methyl sites for hydroxylation is 3. The zero-order valence-electron chi connectivity index (χ0n) is 15.9. The first-order valence-electron chi connectivity index (χ1n) is 8.60. The van der Waals surface area contributed by atoms with E-state index >= 15 is 0 Å². The van der Waals surface area contributed by atoms with Gasteiger partial charge in [-0.15, -0.1) is 0 Å². The van der Waals surface area contributed by atoms with Gasteiger partial charge in [-0.2, -0.15) is 0 Å². The molecule has 2 rings (SSSR count). The van der Waals surface area contributed by atoms with Crippen molar-refractivity contribution in [2.24, 2.45) is 0 Å². The summed E-state index contributed by atoms with van der Waals surface area (Å²) in [5.41, 5.74) is 4.24. The second kappa shape index (κ2) is 7.91. The average molecular weight is 375 g/mol. The van der Waals surface area contributed by atoms with Crippen LogP contribution in [0.4, 0.5) is 11.4 Å². The molecule has 0 radical (unpaired) electrons. The molecule has 140 valence electrons. The SMILES string of the molecule is CCc1ccccc1NC(=O)[C@@H](C)N(c1ccc(C)c(C)c1)S(C)(=O)=O. The lowest BCUT2D eigenvalue weighted by Crippen LogP contribution is -2.45. The summed E-state index contributed by atoms with van der Waals surface area (Å²) in [6.07, 6.45) is 1.89. The first kappa shape index (κ1) is 20.0. The molecule has 0 heterocycles. The average Bonchev–Trinajstić information content (AvgIpc) is 2.57. The topological polar surface area (TPSA) is 66.5 Å². The number of benzene rings is 2. The lowest BCUT2D eigenvalue weighted by atomic mass is 10.1. The van der Waals surface area contributed by atoms with Gasteiger partial charge in [0.15, 0.2) is 0 Å². The summed E-state index contributed by atoms with van der Waals surface area (Å²) in [4.78, 5) is 12.8. The Morgan fingerprint density at radius 1 is 1.12 bits per heavy atom. The van der Waals surface area contributed by atoms with Crippen LogP contribution in [0, 0.1) is 13.8 Å². The smallest absolute Gasteiger partial charge is 0.248 e. The summed E-state index contributed by atoms with van der Waals surface area (Å²) in [6, 6.07) is 12.0. The number of nitrogens with one attached hydrogen (secondary N) is 1. The van der Waals surface area contributed by atoms with E-state index in [2.05, 4.69) is 5.32 Å². The molecule has 2 aromatic carbocycles. The van der Waals surface area contributed by atoms with E-state index in [0.29, 0.717) is 11.4 Å². The van der Waals surface area contributed by atoms with Gasteiger partial charge < -0.3 is 5.32 Å². The molecule has 2 aromatic rings. The molecule has 0 aliphatic carbocycles. The van der Waals surface area contributed by atoms with Crippen LogP contribution in [0.25, 0.3) is 0 Å². The van der Waals surface area contributed by atoms with Gasteiger partial charge in [0.05, 0.1) is 11.9 Å². The largest absolute Gasteiger partial charge is 0.324 e. The summed E-state index contributed by atoms with van der Waals surface area (Å²) in [5.74, 6) is -0.366. The van der Waals surface area contributed by atoms with Crippen molar-refractivity contribution in [2.75, 3.05) is 15.9 Å². The Bertz CT molecular complexity index is 907. The van der Waals surface area contributed by atoms with Crippen molar-refractivity contribution in [2.45, 2.75) is 40.2 Å². The molecule has 1 N–H and O–H groups in total. The lowest BCUT2D eigenvalue weighted by Gasteiger charge is -2.29. The maximum Gasteiger partial charge on any atom is 0.248 e. The van der Waals surface area contributed by atoms with Crippen LogP contribution >= 0.6 is 0 Å². The highest BCUT2D eigenvalue weighted by atomic mass is 32.2. The minimum atomic E-state index is -3.63. The van der Waals surface area contributed by atoms with Crippen molar-refractivity contribution in [3.8, 4) is 0 Å². The number of hydrogen-bond donors (Lipinski definition) is 1. The molecule has 0 bridgehead atoms. The summed E-state index contributed by atoms with van der Waals surface area (Å²) >= 11 is 0. The lowest BCUT2D eigenvalue weighted by molar-refractivity contribution is -0.116. The van der Waals surface area contributed by atoms with Crippen LogP contribution < -0.4 is 9.62 Å². The third kappa shape index (κ3) is 4.43. The number of rotatable bonds is 6. The third-order valence-electron chi connectivity index (χ3n) is 4.49. The summed E-state index contributed by atoms with van der Waals surface area (Å²) in [6.45, 7) is 7.48. The van der Waals surface area contributed by atoms with Gasteiger partial charge >= 0.3 is 0 Å². The molecular weight excluding hydrogens is 348 g/mol. The molecule has 0 spiro atoms. The van der Waals surface area contributed by atoms with Gasteiger partial charge in [-0.25, -0.2) is 8.42 Å². The Balaban J connectivity index is 2.36. The summed E-state index contributed by atoms with van der Waals surface area (Å²) in [5, 5.41) is 2.86. The van der Waals surface area contributed by atoms with E-state index in [-0.39, 0.29) is 5.91 Å². The molecule has 0 aliphatic heterocycles. The quantitative estimate of drug-likeness (QED) is 0.839. The molecule has 0 saturated heterocycles. The highest BCUT2D eigenvalue weighted by molar-refractivity contribution is 7.92. The summed E-state index contributed by atoms with van der Waals surface area (Å²) < 4.78 is 26.0. The van der Waals surface area contributed by atoms with Gasteiger partial charge in [-0.3, -0.25) is 9.10 Å². The van der Waals surface area contributed by atoms with Crippen LogP contribution in [0.5, 0.6) is 0 Å². The van der Waals surface area contributed by atoms with Gasteiger partial charge in [0, 0.05) is 5.69 Å². The Hall–Kier alpha value is -2.34. The molecule has 26 heavy (non-hydrogen) atoms. The second-order valence-corrected chi connectivity index (χ2v) is 8.36. The normalized spacial score (nSPS) is 12.5. The van der Waals surface area contributed by atoms with Gasteiger partial charge in [0.2, 0.25) is 15.9 Å². The minimum absolute atomic E-state index is 0.366. The Morgan fingerprint density at radius 3 is 2.35 bits per heavy atom. The van der Waals surface area contributed by atoms with Crippen molar-refractivity contribution < 1.29 is 13.2 Å². The number of hydrogen-bond acceptors (Lipinski definition) is 3. The fourth-order valence-corrected chi connectivity index (χ4v) is 4.03. The monoisotopic (exact) mass is 374 g/mol. The maximum absolute atomic E-state index is 12.8. The number of carbonyl (C=O) groups excluding carboxylic acids is 1. The van der Waals surface area contributed by atoms with E-state index < -0.39 is 16.1 Å². The highest BCUT2D eigenvalue weighted by Crippen LogP contribution is 2.25. The standard InChI is InChI=1S/C20H26N2O3S/c1-6-17-9-7-8-10-19(17)21-20(23)16(4)22(26(5,24)25)18-12-11-14(2)15(3)13-18/h7-13,16H,6H2,1-5H3,(H,21,23)/t16-/m1/s1. The fraction of sp³-hybridized carbons (Fsp3) is 0.350. The predicted octanol–water partition coefficient (Wildman–Crippen LogP) is 3.66. The van der Waals surface area contributed by atoms with Crippen molar-refractivity contribution in [1.82, 2.24) is 0 Å². The van der Waals surface area contributed by atoms with Gasteiger partial charge in [0.25, 0.3) is 0 Å². The molecule has 5 nitrogen and oxygen atoms in total. The molecular formula is C20H26N2O3S. The molecule has 0 aliphatic rings.